The van der Waals surface area contributed by atoms with Crippen LogP contribution in [0.2, 0.25) is 0 Å². The number of hydrogen-bond donors (Lipinski definition) is 2. The Morgan fingerprint density at radius 3 is 2.61 bits per heavy atom. The summed E-state index contributed by atoms with van der Waals surface area (Å²) < 4.78 is 0. The normalized spacial score (nSPS) is 33.7. The van der Waals surface area contributed by atoms with Gasteiger partial charge in [-0.25, -0.2) is 0 Å². The van der Waals surface area contributed by atoms with Crippen LogP contribution in [0.1, 0.15) is 52.9 Å². The topological polar surface area (TPSA) is 49.3 Å². The van der Waals surface area contributed by atoms with E-state index >= 15 is 0 Å². The molecule has 2 aliphatic carbocycles. The van der Waals surface area contributed by atoms with Crippen LogP contribution in [0.4, 0.5) is 0 Å². The summed E-state index contributed by atoms with van der Waals surface area (Å²) in [4.78, 5) is 11.9. The van der Waals surface area contributed by atoms with E-state index in [2.05, 4.69) is 5.32 Å². The number of hydrogen-bond acceptors (Lipinski definition) is 2. The van der Waals surface area contributed by atoms with Gasteiger partial charge >= 0.3 is 0 Å². The Bertz CT molecular complexity index is 312. The van der Waals surface area contributed by atoms with Gasteiger partial charge in [-0.3, -0.25) is 4.79 Å². The van der Waals surface area contributed by atoms with Crippen LogP contribution in [0.15, 0.2) is 0 Å². The van der Waals surface area contributed by atoms with Crippen molar-refractivity contribution in [2.75, 3.05) is 6.54 Å². The second-order valence-corrected chi connectivity index (χ2v) is 6.93. The number of carbonyl (C=O) groups is 1. The van der Waals surface area contributed by atoms with Gasteiger partial charge in [0.15, 0.2) is 0 Å². The molecule has 2 N–H and O–H groups in total. The largest absolute Gasteiger partial charge is 0.388 e. The van der Waals surface area contributed by atoms with Crippen molar-refractivity contribution in [3.05, 3.63) is 0 Å². The van der Waals surface area contributed by atoms with Crippen LogP contribution < -0.4 is 5.32 Å². The van der Waals surface area contributed by atoms with Crippen LogP contribution in [0, 0.1) is 23.7 Å². The second-order valence-electron chi connectivity index (χ2n) is 6.93. The highest BCUT2D eigenvalue weighted by atomic mass is 16.3. The summed E-state index contributed by atoms with van der Waals surface area (Å²) in [6.07, 6.45) is 5.97. The minimum atomic E-state index is -0.801. The molecule has 0 radical (unpaired) electrons. The standard InChI is InChI=1S/C15H27NO2/c1-10(2)15(3,18)9-16-14(17)8-13-7-11-4-5-12(13)6-11/h10-13,18H,4-9H2,1-3H3,(H,16,17). The zero-order valence-corrected chi connectivity index (χ0v) is 11.9. The van der Waals surface area contributed by atoms with E-state index in [9.17, 15) is 9.90 Å². The Balaban J connectivity index is 1.73. The molecule has 4 unspecified atom stereocenters. The molecule has 2 aliphatic rings. The maximum absolute atomic E-state index is 11.9. The highest BCUT2D eigenvalue weighted by molar-refractivity contribution is 5.76. The van der Waals surface area contributed by atoms with Crippen LogP contribution in [0.25, 0.3) is 0 Å². The van der Waals surface area contributed by atoms with Crippen molar-refractivity contribution >= 4 is 5.91 Å². The van der Waals surface area contributed by atoms with Crippen LogP contribution >= 0.6 is 0 Å². The molecule has 18 heavy (non-hydrogen) atoms. The van der Waals surface area contributed by atoms with Crippen molar-refractivity contribution in [2.24, 2.45) is 23.7 Å². The maximum atomic E-state index is 11.9. The summed E-state index contributed by atoms with van der Waals surface area (Å²) in [6, 6.07) is 0. The smallest absolute Gasteiger partial charge is 0.220 e. The van der Waals surface area contributed by atoms with E-state index in [-0.39, 0.29) is 11.8 Å². The fourth-order valence-electron chi connectivity index (χ4n) is 3.42. The third-order valence-corrected chi connectivity index (χ3v) is 5.22. The number of aliphatic hydroxyl groups is 1. The zero-order chi connectivity index (χ0) is 13.3. The van der Waals surface area contributed by atoms with Gasteiger partial charge in [0.25, 0.3) is 0 Å². The molecule has 2 fully saturated rings. The van der Waals surface area contributed by atoms with Gasteiger partial charge in [0.2, 0.25) is 5.91 Å². The summed E-state index contributed by atoms with van der Waals surface area (Å²) in [7, 11) is 0. The quantitative estimate of drug-likeness (QED) is 0.790. The molecule has 4 atom stereocenters. The van der Waals surface area contributed by atoms with Gasteiger partial charge in [-0.05, 0) is 49.9 Å². The van der Waals surface area contributed by atoms with Crippen LogP contribution in [-0.2, 0) is 4.79 Å². The average molecular weight is 253 g/mol. The molecule has 104 valence electrons. The highest BCUT2D eigenvalue weighted by Crippen LogP contribution is 2.49. The lowest BCUT2D eigenvalue weighted by Gasteiger charge is -2.28. The molecule has 0 saturated heterocycles. The Morgan fingerprint density at radius 2 is 2.11 bits per heavy atom. The summed E-state index contributed by atoms with van der Waals surface area (Å²) in [5.41, 5.74) is -0.801. The molecule has 1 amide bonds. The van der Waals surface area contributed by atoms with Crippen molar-refractivity contribution in [1.29, 1.82) is 0 Å². The third kappa shape index (κ3) is 3.05. The average Bonchev–Trinajstić information content (AvgIpc) is 2.88. The van der Waals surface area contributed by atoms with Crippen LogP contribution in [-0.4, -0.2) is 23.2 Å². The first-order valence-corrected chi connectivity index (χ1v) is 7.37. The molecule has 0 spiro atoms. The van der Waals surface area contributed by atoms with Gasteiger partial charge < -0.3 is 10.4 Å². The van der Waals surface area contributed by atoms with Crippen molar-refractivity contribution in [1.82, 2.24) is 5.32 Å². The van der Waals surface area contributed by atoms with Gasteiger partial charge in [0, 0.05) is 13.0 Å². The number of rotatable bonds is 5. The first kappa shape index (κ1) is 13.9. The van der Waals surface area contributed by atoms with E-state index in [4.69, 9.17) is 0 Å². The minimum absolute atomic E-state index is 0.119. The molecule has 2 bridgehead atoms. The van der Waals surface area contributed by atoms with E-state index in [1.165, 1.54) is 25.7 Å². The lowest BCUT2D eigenvalue weighted by Crippen LogP contribution is -2.44. The van der Waals surface area contributed by atoms with Crippen molar-refractivity contribution in [2.45, 2.75) is 58.5 Å². The van der Waals surface area contributed by atoms with Gasteiger partial charge in [-0.15, -0.1) is 0 Å². The number of fused-ring (bicyclic) bond motifs is 2. The van der Waals surface area contributed by atoms with Gasteiger partial charge in [-0.2, -0.15) is 0 Å². The minimum Gasteiger partial charge on any atom is -0.388 e. The Labute approximate surface area is 110 Å². The van der Waals surface area contributed by atoms with Crippen molar-refractivity contribution in [3.63, 3.8) is 0 Å². The summed E-state index contributed by atoms with van der Waals surface area (Å²) in [5, 5.41) is 13.0. The molecule has 0 heterocycles. The molecule has 3 nitrogen and oxygen atoms in total. The van der Waals surface area contributed by atoms with E-state index in [1.54, 1.807) is 6.92 Å². The Hall–Kier alpha value is -0.570. The summed E-state index contributed by atoms with van der Waals surface area (Å²) in [6.45, 7) is 6.10. The summed E-state index contributed by atoms with van der Waals surface area (Å²) >= 11 is 0. The first-order valence-electron chi connectivity index (χ1n) is 7.37. The molecule has 0 aromatic carbocycles. The van der Waals surface area contributed by atoms with E-state index in [0.717, 1.165) is 11.8 Å². The zero-order valence-electron chi connectivity index (χ0n) is 11.9. The lowest BCUT2D eigenvalue weighted by molar-refractivity contribution is -0.124. The monoisotopic (exact) mass is 253 g/mol. The molecule has 0 aliphatic heterocycles. The fraction of sp³-hybridized carbons (Fsp3) is 0.933. The SMILES string of the molecule is CC(C)C(C)(O)CNC(=O)CC1CC2CCC1C2. The summed E-state index contributed by atoms with van der Waals surface area (Å²) in [5.74, 6) is 2.57. The maximum Gasteiger partial charge on any atom is 0.220 e. The third-order valence-electron chi connectivity index (χ3n) is 5.22. The number of carbonyl (C=O) groups excluding carboxylic acids is 1. The van der Waals surface area contributed by atoms with Gasteiger partial charge in [-0.1, -0.05) is 20.3 Å². The highest BCUT2D eigenvalue weighted by Gasteiger charge is 2.40. The number of amides is 1. The molecule has 2 saturated carbocycles. The molecule has 3 heteroatoms. The Morgan fingerprint density at radius 1 is 1.39 bits per heavy atom. The van der Waals surface area contributed by atoms with Crippen LogP contribution in [0.3, 0.4) is 0 Å². The number of nitrogens with one attached hydrogen (secondary N) is 1. The molecule has 0 aromatic rings. The van der Waals surface area contributed by atoms with E-state index in [1.807, 2.05) is 13.8 Å². The van der Waals surface area contributed by atoms with Crippen molar-refractivity contribution < 1.29 is 9.90 Å². The second kappa shape index (κ2) is 5.20. The molecular weight excluding hydrogens is 226 g/mol. The Kier molecular flexibility index (Phi) is 4.00. The predicted octanol–water partition coefficient (Wildman–Crippen LogP) is 2.34. The lowest BCUT2D eigenvalue weighted by atomic mass is 9.86. The molecule has 2 rings (SSSR count). The molecule has 0 aromatic heterocycles. The van der Waals surface area contributed by atoms with E-state index in [0.29, 0.717) is 18.9 Å². The van der Waals surface area contributed by atoms with Crippen LogP contribution in [0.5, 0.6) is 0 Å². The molecular formula is C15H27NO2. The van der Waals surface area contributed by atoms with Gasteiger partial charge in [0.05, 0.1) is 5.60 Å². The van der Waals surface area contributed by atoms with Crippen molar-refractivity contribution in [3.8, 4) is 0 Å². The van der Waals surface area contributed by atoms with E-state index < -0.39 is 5.60 Å². The predicted molar refractivity (Wildman–Crippen MR) is 72.0 cm³/mol. The van der Waals surface area contributed by atoms with Gasteiger partial charge in [0.1, 0.15) is 0 Å². The fourth-order valence-corrected chi connectivity index (χ4v) is 3.42. The first-order chi connectivity index (χ1) is 8.38.